The van der Waals surface area contributed by atoms with Gasteiger partial charge in [0, 0.05) is 12.1 Å². The number of carbonyl (C=O) groups is 1. The van der Waals surface area contributed by atoms with Gasteiger partial charge in [0.2, 0.25) is 0 Å². The zero-order valence-corrected chi connectivity index (χ0v) is 10.1. The third-order valence-electron chi connectivity index (χ3n) is 2.81. The van der Waals surface area contributed by atoms with Crippen molar-refractivity contribution in [2.24, 2.45) is 5.41 Å². The quantitative estimate of drug-likeness (QED) is 0.821. The van der Waals surface area contributed by atoms with Crippen molar-refractivity contribution in [1.82, 2.24) is 5.32 Å². The number of amides is 1. The minimum atomic E-state index is -0.0958. The first-order valence-electron chi connectivity index (χ1n) is 5.52. The van der Waals surface area contributed by atoms with Crippen LogP contribution in [0.3, 0.4) is 0 Å². The van der Waals surface area contributed by atoms with E-state index in [9.17, 15) is 4.79 Å². The lowest BCUT2D eigenvalue weighted by molar-refractivity contribution is 0.0935. The summed E-state index contributed by atoms with van der Waals surface area (Å²) in [5.41, 5.74) is 0.691. The number of phenolic OH excluding ortho intramolecular Hbond substituents is 1. The minimum Gasteiger partial charge on any atom is -0.508 e. The highest BCUT2D eigenvalue weighted by Gasteiger charge is 2.16. The molecule has 1 amide bonds. The van der Waals surface area contributed by atoms with Crippen molar-refractivity contribution in [3.05, 3.63) is 29.8 Å². The van der Waals surface area contributed by atoms with Crippen molar-refractivity contribution >= 4 is 5.91 Å². The van der Waals surface area contributed by atoms with Crippen LogP contribution in [0.5, 0.6) is 5.75 Å². The number of nitrogens with one attached hydrogen (secondary N) is 1. The maximum atomic E-state index is 11.7. The average molecular weight is 221 g/mol. The Hall–Kier alpha value is -1.51. The summed E-state index contributed by atoms with van der Waals surface area (Å²) in [5, 5.41) is 12.0. The third-order valence-corrected chi connectivity index (χ3v) is 2.81. The first-order valence-corrected chi connectivity index (χ1v) is 5.52. The molecule has 0 bridgehead atoms. The Morgan fingerprint density at radius 2 is 1.88 bits per heavy atom. The molecular weight excluding hydrogens is 202 g/mol. The van der Waals surface area contributed by atoms with Gasteiger partial charge in [-0.15, -0.1) is 0 Å². The second-order valence-electron chi connectivity index (χ2n) is 4.75. The number of rotatable bonds is 4. The molecule has 0 radical (unpaired) electrons. The van der Waals surface area contributed by atoms with Gasteiger partial charge in [0.1, 0.15) is 5.75 Å². The highest BCUT2D eigenvalue weighted by molar-refractivity contribution is 5.94. The lowest BCUT2D eigenvalue weighted by Crippen LogP contribution is -2.33. The highest BCUT2D eigenvalue weighted by Crippen LogP contribution is 2.18. The van der Waals surface area contributed by atoms with Gasteiger partial charge in [-0.3, -0.25) is 4.79 Å². The first kappa shape index (κ1) is 12.6. The molecule has 0 spiro atoms. The molecule has 0 saturated carbocycles. The summed E-state index contributed by atoms with van der Waals surface area (Å²) in [7, 11) is 0. The Morgan fingerprint density at radius 1 is 1.31 bits per heavy atom. The van der Waals surface area contributed by atoms with E-state index in [1.807, 2.05) is 0 Å². The molecule has 1 aromatic carbocycles. The van der Waals surface area contributed by atoms with E-state index in [2.05, 4.69) is 26.1 Å². The van der Waals surface area contributed by atoms with Crippen LogP contribution in [-0.4, -0.2) is 17.6 Å². The zero-order valence-electron chi connectivity index (χ0n) is 10.1. The molecule has 3 heteroatoms. The highest BCUT2D eigenvalue weighted by atomic mass is 16.3. The van der Waals surface area contributed by atoms with Gasteiger partial charge in [-0.2, -0.15) is 0 Å². The smallest absolute Gasteiger partial charge is 0.251 e. The molecule has 0 aliphatic heterocycles. The zero-order chi connectivity index (χ0) is 12.2. The van der Waals surface area contributed by atoms with Gasteiger partial charge in [-0.25, -0.2) is 0 Å². The van der Waals surface area contributed by atoms with Crippen molar-refractivity contribution in [2.75, 3.05) is 6.54 Å². The number of hydrogen-bond donors (Lipinski definition) is 2. The lowest BCUT2D eigenvalue weighted by atomic mass is 9.90. The van der Waals surface area contributed by atoms with E-state index >= 15 is 0 Å². The fourth-order valence-corrected chi connectivity index (χ4v) is 1.16. The lowest BCUT2D eigenvalue weighted by Gasteiger charge is -2.22. The summed E-state index contributed by atoms with van der Waals surface area (Å²) < 4.78 is 0. The molecule has 0 aliphatic rings. The van der Waals surface area contributed by atoms with Gasteiger partial charge < -0.3 is 10.4 Å². The van der Waals surface area contributed by atoms with Gasteiger partial charge in [-0.1, -0.05) is 20.8 Å². The number of phenols is 1. The van der Waals surface area contributed by atoms with Crippen molar-refractivity contribution in [3.8, 4) is 5.75 Å². The van der Waals surface area contributed by atoms with Gasteiger partial charge in [0.15, 0.2) is 0 Å². The van der Waals surface area contributed by atoms with Crippen LogP contribution in [0.15, 0.2) is 24.3 Å². The van der Waals surface area contributed by atoms with Gasteiger partial charge in [0.05, 0.1) is 0 Å². The van der Waals surface area contributed by atoms with E-state index in [-0.39, 0.29) is 17.1 Å². The molecule has 3 nitrogen and oxygen atoms in total. The molecule has 1 rings (SSSR count). The summed E-state index contributed by atoms with van der Waals surface area (Å²) in [6.07, 6.45) is 1.02. The molecule has 0 aromatic heterocycles. The van der Waals surface area contributed by atoms with Gasteiger partial charge in [-0.05, 0) is 36.1 Å². The molecule has 88 valence electrons. The molecule has 1 aromatic rings. The van der Waals surface area contributed by atoms with Crippen molar-refractivity contribution in [2.45, 2.75) is 27.2 Å². The predicted octanol–water partition coefficient (Wildman–Crippen LogP) is 2.56. The predicted molar refractivity (Wildman–Crippen MR) is 64.5 cm³/mol. The van der Waals surface area contributed by atoms with E-state index in [1.165, 1.54) is 12.1 Å². The van der Waals surface area contributed by atoms with E-state index < -0.39 is 0 Å². The van der Waals surface area contributed by atoms with E-state index in [4.69, 9.17) is 5.11 Å². The Bertz CT molecular complexity index is 355. The molecule has 0 fully saturated rings. The summed E-state index contributed by atoms with van der Waals surface area (Å²) in [5.74, 6) is 0.0759. The van der Waals surface area contributed by atoms with Crippen LogP contribution < -0.4 is 5.32 Å². The molecule has 16 heavy (non-hydrogen) atoms. The summed E-state index contributed by atoms with van der Waals surface area (Å²) in [6.45, 7) is 6.99. The van der Waals surface area contributed by atoms with Crippen LogP contribution in [0.25, 0.3) is 0 Å². The van der Waals surface area contributed by atoms with Crippen molar-refractivity contribution < 1.29 is 9.90 Å². The molecule has 0 unspecified atom stereocenters. The largest absolute Gasteiger partial charge is 0.508 e. The third kappa shape index (κ3) is 3.57. The Balaban J connectivity index is 2.56. The Labute approximate surface area is 96.5 Å². The summed E-state index contributed by atoms with van der Waals surface area (Å²) in [4.78, 5) is 11.7. The topological polar surface area (TPSA) is 49.3 Å². The van der Waals surface area contributed by atoms with Crippen LogP contribution in [0.4, 0.5) is 0 Å². The van der Waals surface area contributed by atoms with Gasteiger partial charge >= 0.3 is 0 Å². The number of benzene rings is 1. The number of aromatic hydroxyl groups is 1. The molecule has 0 atom stereocenters. The Morgan fingerprint density at radius 3 is 2.38 bits per heavy atom. The second-order valence-corrected chi connectivity index (χ2v) is 4.75. The normalized spacial score (nSPS) is 11.2. The Kier molecular flexibility index (Phi) is 3.93. The minimum absolute atomic E-state index is 0.0958. The maximum Gasteiger partial charge on any atom is 0.251 e. The van der Waals surface area contributed by atoms with Crippen LogP contribution >= 0.6 is 0 Å². The number of carbonyl (C=O) groups excluding carboxylic acids is 1. The van der Waals surface area contributed by atoms with E-state index in [1.54, 1.807) is 12.1 Å². The van der Waals surface area contributed by atoms with Crippen LogP contribution in [0, 0.1) is 5.41 Å². The molecule has 0 heterocycles. The molecule has 0 aliphatic carbocycles. The summed E-state index contributed by atoms with van der Waals surface area (Å²) in [6, 6.07) is 6.26. The van der Waals surface area contributed by atoms with Gasteiger partial charge in [0.25, 0.3) is 5.91 Å². The van der Waals surface area contributed by atoms with Crippen LogP contribution in [0.1, 0.15) is 37.6 Å². The molecular formula is C13H19NO2. The van der Waals surface area contributed by atoms with E-state index in [0.29, 0.717) is 12.1 Å². The molecule has 2 N–H and O–H groups in total. The SMILES string of the molecule is CCC(C)(C)CNC(=O)c1ccc(O)cc1. The first-order chi connectivity index (χ1) is 7.44. The van der Waals surface area contributed by atoms with E-state index in [0.717, 1.165) is 6.42 Å². The maximum absolute atomic E-state index is 11.7. The van der Waals surface area contributed by atoms with Crippen molar-refractivity contribution in [1.29, 1.82) is 0 Å². The molecule has 0 saturated heterocycles. The standard InChI is InChI=1S/C13H19NO2/c1-4-13(2,3)9-14-12(16)10-5-7-11(15)8-6-10/h5-8,15H,4,9H2,1-3H3,(H,14,16). The van der Waals surface area contributed by atoms with Crippen molar-refractivity contribution in [3.63, 3.8) is 0 Å². The second kappa shape index (κ2) is 5.01. The number of hydrogen-bond acceptors (Lipinski definition) is 2. The summed E-state index contributed by atoms with van der Waals surface area (Å²) >= 11 is 0. The fourth-order valence-electron chi connectivity index (χ4n) is 1.16. The average Bonchev–Trinajstić information content (AvgIpc) is 2.27. The monoisotopic (exact) mass is 221 g/mol. The fraction of sp³-hybridized carbons (Fsp3) is 0.462. The van der Waals surface area contributed by atoms with Crippen LogP contribution in [0.2, 0.25) is 0 Å². The van der Waals surface area contributed by atoms with Crippen LogP contribution in [-0.2, 0) is 0 Å².